The minimum Gasteiger partial charge on any atom is -0.481 e. The van der Waals surface area contributed by atoms with Crippen LogP contribution in [0.15, 0.2) is 30.3 Å². The minimum atomic E-state index is -1.32. The Hall–Kier alpha value is -3.25. The lowest BCUT2D eigenvalue weighted by atomic mass is 9.95. The fourth-order valence-corrected chi connectivity index (χ4v) is 4.54. The second kappa shape index (κ2) is 17.4. The monoisotopic (exact) mass is 564 g/mol. The van der Waals surface area contributed by atoms with E-state index in [4.69, 9.17) is 5.73 Å². The first kappa shape index (κ1) is 33.8. The van der Waals surface area contributed by atoms with Crippen LogP contribution in [0.1, 0.15) is 45.6 Å². The number of rotatable bonds is 18. The Balaban J connectivity index is 2.94. The van der Waals surface area contributed by atoms with E-state index in [0.717, 1.165) is 5.56 Å². The molecule has 0 aliphatic rings. The molecular formula is C27H40N4O7S. The quantitative estimate of drug-likeness (QED) is 0.160. The Morgan fingerprint density at radius 2 is 1.59 bits per heavy atom. The average Bonchev–Trinajstić information content (AvgIpc) is 2.86. The zero-order chi connectivity index (χ0) is 29.5. The molecular weight excluding hydrogens is 524 g/mol. The van der Waals surface area contributed by atoms with Gasteiger partial charge in [0, 0.05) is 25.6 Å². The van der Waals surface area contributed by atoms with Gasteiger partial charge < -0.3 is 26.8 Å². The van der Waals surface area contributed by atoms with Crippen molar-refractivity contribution in [2.24, 2.45) is 17.6 Å². The van der Waals surface area contributed by atoms with E-state index in [1.165, 1.54) is 18.7 Å². The van der Waals surface area contributed by atoms with Crippen molar-refractivity contribution in [1.29, 1.82) is 0 Å². The van der Waals surface area contributed by atoms with E-state index in [1.807, 2.05) is 30.3 Å². The van der Waals surface area contributed by atoms with Gasteiger partial charge in [-0.05, 0) is 30.6 Å². The Morgan fingerprint density at radius 3 is 2.10 bits per heavy atom. The molecule has 0 saturated carbocycles. The smallest absolute Gasteiger partial charge is 0.305 e. The SMILES string of the molecule is CSC[C@@H](NC(C)=O)C(=O)C(CN)C(=O)N[C@H](C(=O)N[C@@H](CC(=O)O)C(=O)CCCc1ccccc1)C(C)C. The lowest BCUT2D eigenvalue weighted by molar-refractivity contribution is -0.141. The summed E-state index contributed by atoms with van der Waals surface area (Å²) in [5.74, 6) is -5.79. The Kier molecular flexibility index (Phi) is 15.0. The number of hydrogen-bond donors (Lipinski definition) is 5. The van der Waals surface area contributed by atoms with Gasteiger partial charge in [0.15, 0.2) is 11.6 Å². The molecule has 0 aliphatic carbocycles. The molecule has 0 spiro atoms. The molecule has 11 nitrogen and oxygen atoms in total. The van der Waals surface area contributed by atoms with E-state index in [0.29, 0.717) is 12.8 Å². The molecule has 0 aromatic heterocycles. The highest BCUT2D eigenvalue weighted by atomic mass is 32.2. The number of nitrogens with one attached hydrogen (secondary N) is 3. The van der Waals surface area contributed by atoms with Crippen LogP contribution in [0.4, 0.5) is 0 Å². The Bertz CT molecular complexity index is 1000. The fraction of sp³-hybridized carbons (Fsp3) is 0.556. The molecule has 6 N–H and O–H groups in total. The van der Waals surface area contributed by atoms with E-state index < -0.39 is 71.6 Å². The van der Waals surface area contributed by atoms with E-state index in [1.54, 1.807) is 20.1 Å². The van der Waals surface area contributed by atoms with Gasteiger partial charge in [-0.3, -0.25) is 28.8 Å². The van der Waals surface area contributed by atoms with E-state index in [9.17, 15) is 33.9 Å². The summed E-state index contributed by atoms with van der Waals surface area (Å²) in [5, 5.41) is 16.8. The molecule has 1 unspecified atom stereocenters. The summed E-state index contributed by atoms with van der Waals surface area (Å²) >= 11 is 1.31. The highest BCUT2D eigenvalue weighted by Crippen LogP contribution is 2.12. The number of Topliss-reactive ketones (excluding diaryl/α,β-unsaturated/α-hetero) is 2. The number of hydrogen-bond acceptors (Lipinski definition) is 8. The van der Waals surface area contributed by atoms with Gasteiger partial charge >= 0.3 is 5.97 Å². The van der Waals surface area contributed by atoms with Gasteiger partial charge in [-0.1, -0.05) is 44.2 Å². The van der Waals surface area contributed by atoms with Crippen LogP contribution in [-0.2, 0) is 35.2 Å². The predicted octanol–water partition coefficient (Wildman–Crippen LogP) is 0.690. The van der Waals surface area contributed by atoms with Gasteiger partial charge in [0.05, 0.1) is 18.5 Å². The predicted molar refractivity (Wildman–Crippen MR) is 149 cm³/mol. The summed E-state index contributed by atoms with van der Waals surface area (Å²) < 4.78 is 0. The number of benzene rings is 1. The number of thioether (sulfide) groups is 1. The first-order valence-electron chi connectivity index (χ1n) is 12.8. The maximum absolute atomic E-state index is 13.1. The van der Waals surface area contributed by atoms with Gasteiger partial charge in [-0.15, -0.1) is 0 Å². The van der Waals surface area contributed by atoms with Crippen LogP contribution in [0.3, 0.4) is 0 Å². The lowest BCUT2D eigenvalue weighted by Crippen LogP contribution is -2.57. The molecule has 12 heteroatoms. The van der Waals surface area contributed by atoms with Crippen molar-refractivity contribution in [3.8, 4) is 0 Å². The molecule has 0 fully saturated rings. The molecule has 1 aromatic carbocycles. The lowest BCUT2D eigenvalue weighted by Gasteiger charge is -2.27. The Morgan fingerprint density at radius 1 is 0.949 bits per heavy atom. The van der Waals surface area contributed by atoms with Gasteiger partial charge in [0.2, 0.25) is 17.7 Å². The summed E-state index contributed by atoms with van der Waals surface area (Å²) in [6, 6.07) is 6.14. The minimum absolute atomic E-state index is 0.0650. The molecule has 0 radical (unpaired) electrons. The molecule has 39 heavy (non-hydrogen) atoms. The molecule has 1 aromatic rings. The second-order valence-corrected chi connectivity index (χ2v) is 10.5. The van der Waals surface area contributed by atoms with Crippen LogP contribution in [0.5, 0.6) is 0 Å². The molecule has 4 atom stereocenters. The highest BCUT2D eigenvalue weighted by Gasteiger charge is 2.35. The first-order chi connectivity index (χ1) is 18.4. The largest absolute Gasteiger partial charge is 0.481 e. The van der Waals surface area contributed by atoms with Crippen molar-refractivity contribution in [2.75, 3.05) is 18.6 Å². The maximum Gasteiger partial charge on any atom is 0.305 e. The van der Waals surface area contributed by atoms with Gasteiger partial charge in [-0.25, -0.2) is 0 Å². The molecule has 0 bridgehead atoms. The summed E-state index contributed by atoms with van der Waals surface area (Å²) in [6.07, 6.45) is 2.30. The number of amides is 3. The van der Waals surface area contributed by atoms with Crippen LogP contribution in [0, 0.1) is 11.8 Å². The Labute approximate surface area is 233 Å². The zero-order valence-electron chi connectivity index (χ0n) is 22.9. The topological polar surface area (TPSA) is 185 Å². The number of ketones is 2. The standard InChI is InChI=1S/C27H40N4O7S/c1-16(2)24(31-26(37)19(14-28)25(36)21(15-39-4)29-17(3)32)27(38)30-20(13-23(34)35)22(33)12-8-11-18-9-6-5-7-10-18/h5-7,9-10,16,19-21,24H,8,11-15,28H2,1-4H3,(H,29,32)(H,30,38)(H,31,37)(H,34,35)/t19?,20-,21+,24-/m0/s1. The molecule has 0 aliphatic heterocycles. The van der Waals surface area contributed by atoms with Crippen molar-refractivity contribution in [3.63, 3.8) is 0 Å². The number of carbonyl (C=O) groups excluding carboxylic acids is 5. The number of carboxylic acid groups (broad SMARTS) is 1. The first-order valence-corrected chi connectivity index (χ1v) is 14.2. The zero-order valence-corrected chi connectivity index (χ0v) is 23.7. The van der Waals surface area contributed by atoms with Crippen LogP contribution in [0.25, 0.3) is 0 Å². The van der Waals surface area contributed by atoms with E-state index >= 15 is 0 Å². The second-order valence-electron chi connectivity index (χ2n) is 9.59. The number of aryl methyl sites for hydroxylation is 1. The van der Waals surface area contributed by atoms with Gasteiger partial charge in [-0.2, -0.15) is 11.8 Å². The van der Waals surface area contributed by atoms with E-state index in [-0.39, 0.29) is 18.7 Å². The van der Waals surface area contributed by atoms with Crippen molar-refractivity contribution in [3.05, 3.63) is 35.9 Å². The summed E-state index contributed by atoms with van der Waals surface area (Å²) in [7, 11) is 0. The highest BCUT2D eigenvalue weighted by molar-refractivity contribution is 7.98. The summed E-state index contributed by atoms with van der Waals surface area (Å²) in [4.78, 5) is 74.9. The fourth-order valence-electron chi connectivity index (χ4n) is 3.96. The van der Waals surface area contributed by atoms with Crippen molar-refractivity contribution in [1.82, 2.24) is 16.0 Å². The molecule has 0 saturated heterocycles. The van der Waals surface area contributed by atoms with Crippen molar-refractivity contribution < 1.29 is 33.9 Å². The molecule has 0 heterocycles. The third kappa shape index (κ3) is 12.0. The number of carboxylic acids is 1. The number of aliphatic carboxylic acids is 1. The van der Waals surface area contributed by atoms with Crippen LogP contribution in [-0.4, -0.2) is 77.0 Å². The van der Waals surface area contributed by atoms with Gasteiger partial charge in [0.1, 0.15) is 12.0 Å². The maximum atomic E-state index is 13.1. The number of nitrogens with two attached hydrogens (primary N) is 1. The van der Waals surface area contributed by atoms with Crippen LogP contribution < -0.4 is 21.7 Å². The van der Waals surface area contributed by atoms with Crippen LogP contribution in [0.2, 0.25) is 0 Å². The van der Waals surface area contributed by atoms with Crippen molar-refractivity contribution >= 4 is 47.0 Å². The van der Waals surface area contributed by atoms with Crippen molar-refractivity contribution in [2.45, 2.75) is 64.6 Å². The van der Waals surface area contributed by atoms with Gasteiger partial charge in [0.25, 0.3) is 0 Å². The van der Waals surface area contributed by atoms with Crippen LogP contribution >= 0.6 is 11.8 Å². The molecule has 3 amide bonds. The summed E-state index contributed by atoms with van der Waals surface area (Å²) in [6.45, 7) is 4.23. The average molecular weight is 565 g/mol. The normalized spacial score (nSPS) is 14.0. The molecule has 1 rings (SSSR count). The summed E-state index contributed by atoms with van der Waals surface area (Å²) in [5.41, 5.74) is 6.76. The third-order valence-electron chi connectivity index (χ3n) is 6.01. The van der Waals surface area contributed by atoms with E-state index in [2.05, 4.69) is 16.0 Å². The molecule has 216 valence electrons. The third-order valence-corrected chi connectivity index (χ3v) is 6.68. The number of carbonyl (C=O) groups is 6.